The van der Waals surface area contributed by atoms with Crippen molar-refractivity contribution in [1.29, 1.82) is 0 Å². The minimum absolute atomic E-state index is 0.350. The fourth-order valence-corrected chi connectivity index (χ4v) is 6.40. The molecule has 0 unspecified atom stereocenters. The second-order valence-corrected chi connectivity index (χ2v) is 8.56. The van der Waals surface area contributed by atoms with Gasteiger partial charge in [-0.25, -0.2) is 4.79 Å². The third-order valence-electron chi connectivity index (χ3n) is 2.13. The summed E-state index contributed by atoms with van der Waals surface area (Å²) in [5, 5.41) is 4.11. The molecule has 0 bridgehead atoms. The van der Waals surface area contributed by atoms with E-state index in [2.05, 4.69) is 17.4 Å². The third-order valence-corrected chi connectivity index (χ3v) is 7.78. The van der Waals surface area contributed by atoms with Gasteiger partial charge in [-0.05, 0) is 17.7 Å². The van der Waals surface area contributed by atoms with Gasteiger partial charge in [0, 0.05) is 16.9 Å². The van der Waals surface area contributed by atoms with Crippen LogP contribution in [-0.4, -0.2) is 12.6 Å². The first-order chi connectivity index (χ1) is 9.11. The van der Waals surface area contributed by atoms with Crippen LogP contribution >= 0.6 is 58.6 Å². The fraction of sp³-hybridized carbons (Fsp3) is 0.250. The van der Waals surface area contributed by atoms with Gasteiger partial charge in [0.05, 0.1) is 19.4 Å². The van der Waals surface area contributed by atoms with Crippen molar-refractivity contribution in [2.45, 2.75) is 13.3 Å². The Morgan fingerprint density at radius 1 is 1.32 bits per heavy atom. The molecule has 2 heterocycles. The number of carbonyl (C=O) groups excluding carboxylic acids is 1. The monoisotopic (exact) mass is 350 g/mol. The maximum Gasteiger partial charge on any atom is 0.333 e. The molecule has 102 valence electrons. The number of rotatable bonds is 4. The number of esters is 1. The van der Waals surface area contributed by atoms with Gasteiger partial charge in [0.1, 0.15) is 0 Å². The van der Waals surface area contributed by atoms with Crippen molar-refractivity contribution in [2.75, 3.05) is 6.61 Å². The summed E-state index contributed by atoms with van der Waals surface area (Å²) >= 11 is 12.8. The van der Waals surface area contributed by atoms with Crippen LogP contribution in [0, 0.1) is 0 Å². The molecule has 0 atom stereocenters. The summed E-state index contributed by atoms with van der Waals surface area (Å²) in [6, 6.07) is 0. The van der Waals surface area contributed by atoms with Crippen molar-refractivity contribution >= 4 is 64.6 Å². The topological polar surface area (TPSA) is 26.3 Å². The quantitative estimate of drug-likeness (QED) is 0.493. The molecular weight excluding hydrogens is 340 g/mol. The summed E-state index contributed by atoms with van der Waals surface area (Å²) < 4.78 is 8.07. The minimum atomic E-state index is -0.350. The summed E-state index contributed by atoms with van der Waals surface area (Å²) in [5.74, 6) is -0.350. The van der Waals surface area contributed by atoms with E-state index in [1.54, 1.807) is 54.0 Å². The van der Waals surface area contributed by atoms with Gasteiger partial charge >= 0.3 is 5.97 Å². The first-order valence-corrected chi connectivity index (χ1v) is 9.20. The molecule has 0 fully saturated rings. The van der Waals surface area contributed by atoms with Gasteiger partial charge in [0.25, 0.3) is 0 Å². The number of halogens is 1. The Bertz CT molecular complexity index is 498. The number of allylic oxidation sites excluding steroid dienone is 1. The van der Waals surface area contributed by atoms with Crippen LogP contribution < -0.4 is 0 Å². The highest BCUT2D eigenvalue weighted by Gasteiger charge is 2.25. The maximum absolute atomic E-state index is 11.5. The molecule has 2 aliphatic rings. The standard InChI is InChI=1S/C12H11ClO2S4/c1-3-15-10(14)7(2)6-8-9(13)19-12(18-8)11-16-4-5-17-11/h4-5H,2-3,6H2,1H3. The molecule has 2 aliphatic heterocycles. The average molecular weight is 351 g/mol. The summed E-state index contributed by atoms with van der Waals surface area (Å²) in [6.07, 6.45) is 0.453. The van der Waals surface area contributed by atoms with E-state index in [0.717, 1.165) is 9.27 Å². The predicted octanol–water partition coefficient (Wildman–Crippen LogP) is 5.46. The lowest BCUT2D eigenvalue weighted by molar-refractivity contribution is -0.138. The third kappa shape index (κ3) is 4.04. The SMILES string of the molecule is C=C(CC1=C(Cl)SC(=C2SC=CS2)S1)C(=O)OCC. The Morgan fingerprint density at radius 2 is 2.00 bits per heavy atom. The Morgan fingerprint density at radius 3 is 2.63 bits per heavy atom. The molecule has 0 radical (unpaired) electrons. The van der Waals surface area contributed by atoms with Crippen molar-refractivity contribution in [2.24, 2.45) is 0 Å². The van der Waals surface area contributed by atoms with Gasteiger partial charge in [0.15, 0.2) is 0 Å². The van der Waals surface area contributed by atoms with Crippen molar-refractivity contribution in [1.82, 2.24) is 0 Å². The highest BCUT2D eigenvalue weighted by molar-refractivity contribution is 8.34. The zero-order chi connectivity index (χ0) is 13.8. The predicted molar refractivity (Wildman–Crippen MR) is 89.8 cm³/mol. The molecule has 2 rings (SSSR count). The normalized spacial score (nSPS) is 18.4. The molecule has 0 N–H and O–H groups in total. The number of ether oxygens (including phenoxy) is 1. The lowest BCUT2D eigenvalue weighted by Crippen LogP contribution is -2.06. The summed E-state index contributed by atoms with van der Waals surface area (Å²) in [4.78, 5) is 12.5. The van der Waals surface area contributed by atoms with E-state index in [9.17, 15) is 4.79 Å². The van der Waals surface area contributed by atoms with Crippen LogP contribution in [0.15, 0.2) is 40.7 Å². The molecule has 0 aromatic heterocycles. The number of carbonyl (C=O) groups is 1. The van der Waals surface area contributed by atoms with E-state index in [4.69, 9.17) is 16.3 Å². The van der Waals surface area contributed by atoms with Crippen molar-refractivity contribution in [3.8, 4) is 0 Å². The molecule has 2 nitrogen and oxygen atoms in total. The smallest absolute Gasteiger partial charge is 0.333 e. The zero-order valence-corrected chi connectivity index (χ0v) is 14.1. The Hall–Kier alpha value is 0.120. The van der Waals surface area contributed by atoms with Crippen LogP contribution in [0.4, 0.5) is 0 Å². The van der Waals surface area contributed by atoms with Crippen LogP contribution in [0.3, 0.4) is 0 Å². The number of hydrogen-bond acceptors (Lipinski definition) is 6. The van der Waals surface area contributed by atoms with Crippen LogP contribution in [0.1, 0.15) is 13.3 Å². The fourth-order valence-electron chi connectivity index (χ4n) is 1.30. The molecule has 0 aliphatic carbocycles. The highest BCUT2D eigenvalue weighted by Crippen LogP contribution is 2.58. The first-order valence-electron chi connectivity index (χ1n) is 5.43. The highest BCUT2D eigenvalue weighted by atomic mass is 35.5. The van der Waals surface area contributed by atoms with Crippen LogP contribution in [0.25, 0.3) is 0 Å². The second kappa shape index (κ2) is 7.22. The van der Waals surface area contributed by atoms with E-state index in [1.807, 2.05) is 0 Å². The van der Waals surface area contributed by atoms with Crippen LogP contribution in [-0.2, 0) is 9.53 Å². The molecule has 0 amide bonds. The average Bonchev–Trinajstić information content (AvgIpc) is 3.00. The first kappa shape index (κ1) is 15.5. The summed E-state index contributed by atoms with van der Waals surface area (Å²) in [7, 11) is 0. The molecule has 19 heavy (non-hydrogen) atoms. The van der Waals surface area contributed by atoms with E-state index >= 15 is 0 Å². The molecule has 0 spiro atoms. The Labute approximate surface area is 134 Å². The Balaban J connectivity index is 1.98. The number of thioether (sulfide) groups is 4. The minimum Gasteiger partial charge on any atom is -0.463 e. The second-order valence-electron chi connectivity index (χ2n) is 3.48. The molecule has 0 aromatic carbocycles. The van der Waals surface area contributed by atoms with Gasteiger partial charge in [-0.1, -0.05) is 65.2 Å². The van der Waals surface area contributed by atoms with Gasteiger partial charge in [0.2, 0.25) is 0 Å². The van der Waals surface area contributed by atoms with Crippen molar-refractivity contribution in [3.63, 3.8) is 0 Å². The number of hydrogen-bond donors (Lipinski definition) is 0. The van der Waals surface area contributed by atoms with Gasteiger partial charge < -0.3 is 4.74 Å². The van der Waals surface area contributed by atoms with E-state index in [0.29, 0.717) is 18.6 Å². The lowest BCUT2D eigenvalue weighted by Gasteiger charge is -2.05. The Kier molecular flexibility index (Phi) is 5.89. The van der Waals surface area contributed by atoms with Gasteiger partial charge in [-0.15, -0.1) is 0 Å². The van der Waals surface area contributed by atoms with Crippen molar-refractivity contribution in [3.05, 3.63) is 40.7 Å². The maximum atomic E-state index is 11.5. The van der Waals surface area contributed by atoms with E-state index < -0.39 is 0 Å². The van der Waals surface area contributed by atoms with Crippen LogP contribution in [0.2, 0.25) is 0 Å². The summed E-state index contributed by atoms with van der Waals surface area (Å²) in [5.41, 5.74) is 0.444. The molecular formula is C12H11ClO2S4. The van der Waals surface area contributed by atoms with Gasteiger partial charge in [-0.3, -0.25) is 0 Å². The van der Waals surface area contributed by atoms with Crippen LogP contribution in [0.5, 0.6) is 0 Å². The van der Waals surface area contributed by atoms with Crippen molar-refractivity contribution < 1.29 is 9.53 Å². The van der Waals surface area contributed by atoms with Gasteiger partial charge in [-0.2, -0.15) is 0 Å². The summed E-state index contributed by atoms with van der Waals surface area (Å²) in [6.45, 7) is 5.91. The molecule has 0 aromatic rings. The zero-order valence-electron chi connectivity index (χ0n) is 10.1. The molecule has 0 saturated heterocycles. The lowest BCUT2D eigenvalue weighted by atomic mass is 10.2. The molecule has 7 heteroatoms. The largest absolute Gasteiger partial charge is 0.463 e. The molecule has 0 saturated carbocycles. The van der Waals surface area contributed by atoms with E-state index in [-0.39, 0.29) is 5.97 Å². The van der Waals surface area contributed by atoms with E-state index in [1.165, 1.54) is 8.47 Å².